The zero-order chi connectivity index (χ0) is 14.7. The van der Waals surface area contributed by atoms with Gasteiger partial charge in [0, 0.05) is 12.0 Å². The van der Waals surface area contributed by atoms with Crippen LogP contribution in [0.5, 0.6) is 0 Å². The van der Waals surface area contributed by atoms with E-state index in [1.807, 2.05) is 60.7 Å². The number of hydrogen-bond acceptors (Lipinski definition) is 3. The van der Waals surface area contributed by atoms with Crippen molar-refractivity contribution in [2.45, 2.75) is 6.42 Å². The average molecular weight is 294 g/mol. The van der Waals surface area contributed by atoms with Crippen molar-refractivity contribution in [3.05, 3.63) is 76.1 Å². The lowest BCUT2D eigenvalue weighted by molar-refractivity contribution is 0.100. The minimum Gasteiger partial charge on any atom is -0.365 e. The van der Waals surface area contributed by atoms with Crippen LogP contribution in [0.3, 0.4) is 0 Å². The van der Waals surface area contributed by atoms with Crippen molar-refractivity contribution in [2.75, 3.05) is 0 Å². The molecule has 0 aliphatic carbocycles. The van der Waals surface area contributed by atoms with Gasteiger partial charge in [0.05, 0.1) is 10.7 Å². The Morgan fingerprint density at radius 3 is 2.24 bits per heavy atom. The summed E-state index contributed by atoms with van der Waals surface area (Å²) in [6.45, 7) is 0. The lowest BCUT2D eigenvalue weighted by Gasteiger charge is -1.98. The summed E-state index contributed by atoms with van der Waals surface area (Å²) in [5, 5.41) is 0.897. The molecule has 0 unspecified atom stereocenters. The van der Waals surface area contributed by atoms with E-state index in [9.17, 15) is 4.79 Å². The summed E-state index contributed by atoms with van der Waals surface area (Å²) in [6, 6.07) is 19.7. The predicted molar refractivity (Wildman–Crippen MR) is 85.3 cm³/mol. The molecule has 3 aromatic rings. The van der Waals surface area contributed by atoms with Crippen LogP contribution >= 0.6 is 11.3 Å². The van der Waals surface area contributed by atoms with Crippen LogP contribution in [-0.2, 0) is 6.42 Å². The third kappa shape index (κ3) is 3.01. The van der Waals surface area contributed by atoms with Gasteiger partial charge in [-0.1, -0.05) is 60.7 Å². The van der Waals surface area contributed by atoms with Crippen molar-refractivity contribution in [1.82, 2.24) is 4.98 Å². The molecule has 0 atom stereocenters. The lowest BCUT2D eigenvalue weighted by atomic mass is 10.1. The fourth-order valence-corrected chi connectivity index (χ4v) is 3.14. The minimum absolute atomic E-state index is 0.425. The van der Waals surface area contributed by atoms with Crippen molar-refractivity contribution < 1.29 is 4.79 Å². The quantitative estimate of drug-likeness (QED) is 0.800. The smallest absolute Gasteiger partial charge is 0.261 e. The molecule has 21 heavy (non-hydrogen) atoms. The van der Waals surface area contributed by atoms with Crippen LogP contribution in [0.4, 0.5) is 0 Å². The molecule has 104 valence electrons. The maximum Gasteiger partial charge on any atom is 0.261 e. The number of rotatable bonds is 4. The molecule has 2 aromatic carbocycles. The van der Waals surface area contributed by atoms with Crippen molar-refractivity contribution in [2.24, 2.45) is 5.73 Å². The van der Waals surface area contributed by atoms with Gasteiger partial charge < -0.3 is 5.73 Å². The molecule has 0 saturated carbocycles. The van der Waals surface area contributed by atoms with Gasteiger partial charge in [-0.2, -0.15) is 0 Å². The summed E-state index contributed by atoms with van der Waals surface area (Å²) in [7, 11) is 0. The standard InChI is InChI=1S/C17H14N2OS/c18-17(20)16-15(13-9-5-2-6-10-13)19-14(21-16)11-12-7-3-1-4-8-12/h1-10H,11H2,(H2,18,20). The Morgan fingerprint density at radius 2 is 1.62 bits per heavy atom. The molecule has 0 saturated heterocycles. The van der Waals surface area contributed by atoms with Gasteiger partial charge in [0.1, 0.15) is 4.88 Å². The molecular weight excluding hydrogens is 280 g/mol. The van der Waals surface area contributed by atoms with E-state index >= 15 is 0 Å². The maximum atomic E-state index is 11.7. The van der Waals surface area contributed by atoms with Crippen LogP contribution < -0.4 is 5.73 Å². The molecule has 0 radical (unpaired) electrons. The van der Waals surface area contributed by atoms with Crippen molar-refractivity contribution in [3.8, 4) is 11.3 Å². The second-order valence-corrected chi connectivity index (χ2v) is 5.76. The molecule has 3 rings (SSSR count). The number of carbonyl (C=O) groups excluding carboxylic acids is 1. The number of benzene rings is 2. The van der Waals surface area contributed by atoms with Gasteiger partial charge in [-0.15, -0.1) is 11.3 Å². The molecule has 3 nitrogen and oxygen atoms in total. The first kappa shape index (κ1) is 13.5. The Morgan fingerprint density at radius 1 is 1.00 bits per heavy atom. The molecule has 0 fully saturated rings. The van der Waals surface area contributed by atoms with E-state index in [4.69, 9.17) is 5.73 Å². The van der Waals surface area contributed by atoms with Gasteiger partial charge >= 0.3 is 0 Å². The van der Waals surface area contributed by atoms with Gasteiger partial charge in [0.2, 0.25) is 0 Å². The van der Waals surface area contributed by atoms with Crippen molar-refractivity contribution >= 4 is 17.2 Å². The topological polar surface area (TPSA) is 56.0 Å². The second-order valence-electron chi connectivity index (χ2n) is 4.68. The number of thiazole rings is 1. The highest BCUT2D eigenvalue weighted by molar-refractivity contribution is 7.14. The highest BCUT2D eigenvalue weighted by Crippen LogP contribution is 2.29. The Bertz CT molecular complexity index is 751. The Balaban J connectivity index is 1.99. The lowest BCUT2D eigenvalue weighted by Crippen LogP contribution is -2.10. The van der Waals surface area contributed by atoms with Crippen LogP contribution in [0.1, 0.15) is 20.2 Å². The molecule has 0 aliphatic heterocycles. The molecule has 1 aromatic heterocycles. The number of hydrogen-bond donors (Lipinski definition) is 1. The first-order valence-electron chi connectivity index (χ1n) is 6.63. The van der Waals surface area contributed by atoms with Crippen LogP contribution in [-0.4, -0.2) is 10.9 Å². The molecule has 1 amide bonds. The molecule has 0 bridgehead atoms. The van der Waals surface area contributed by atoms with Crippen LogP contribution in [0.25, 0.3) is 11.3 Å². The van der Waals surface area contributed by atoms with Gasteiger partial charge in [-0.05, 0) is 5.56 Å². The summed E-state index contributed by atoms with van der Waals surface area (Å²) >= 11 is 1.37. The van der Waals surface area contributed by atoms with E-state index in [1.54, 1.807) is 0 Å². The van der Waals surface area contributed by atoms with Gasteiger partial charge in [0.15, 0.2) is 0 Å². The van der Waals surface area contributed by atoms with E-state index in [0.29, 0.717) is 17.0 Å². The van der Waals surface area contributed by atoms with E-state index in [2.05, 4.69) is 4.98 Å². The number of aromatic nitrogens is 1. The predicted octanol–water partition coefficient (Wildman–Crippen LogP) is 3.50. The van der Waals surface area contributed by atoms with Crippen molar-refractivity contribution in [1.29, 1.82) is 0 Å². The third-order valence-electron chi connectivity index (χ3n) is 3.14. The van der Waals surface area contributed by atoms with Crippen molar-refractivity contribution in [3.63, 3.8) is 0 Å². The number of amides is 1. The maximum absolute atomic E-state index is 11.7. The monoisotopic (exact) mass is 294 g/mol. The highest BCUT2D eigenvalue weighted by atomic mass is 32.1. The fraction of sp³-hybridized carbons (Fsp3) is 0.0588. The zero-order valence-electron chi connectivity index (χ0n) is 11.3. The molecule has 2 N–H and O–H groups in total. The van der Waals surface area contributed by atoms with E-state index in [0.717, 1.165) is 10.6 Å². The molecular formula is C17H14N2OS. The summed E-state index contributed by atoms with van der Waals surface area (Å²) in [5.74, 6) is -0.425. The molecule has 0 aliphatic rings. The Kier molecular flexibility index (Phi) is 3.79. The largest absolute Gasteiger partial charge is 0.365 e. The molecule has 4 heteroatoms. The first-order chi connectivity index (χ1) is 10.2. The summed E-state index contributed by atoms with van der Waals surface area (Å²) in [5.41, 5.74) is 8.26. The van der Waals surface area contributed by atoms with E-state index < -0.39 is 5.91 Å². The number of primary amides is 1. The highest BCUT2D eigenvalue weighted by Gasteiger charge is 2.17. The number of nitrogens with zero attached hydrogens (tertiary/aromatic N) is 1. The summed E-state index contributed by atoms with van der Waals surface area (Å²) in [6.07, 6.45) is 0.707. The Labute approximate surface area is 127 Å². The first-order valence-corrected chi connectivity index (χ1v) is 7.44. The second kappa shape index (κ2) is 5.89. The third-order valence-corrected chi connectivity index (χ3v) is 4.21. The van der Waals surface area contributed by atoms with Gasteiger partial charge in [-0.3, -0.25) is 4.79 Å². The average Bonchev–Trinajstić information content (AvgIpc) is 2.93. The Hall–Kier alpha value is -2.46. The van der Waals surface area contributed by atoms with E-state index in [1.165, 1.54) is 16.9 Å². The van der Waals surface area contributed by atoms with Gasteiger partial charge in [-0.25, -0.2) is 4.98 Å². The number of carbonyl (C=O) groups is 1. The summed E-state index contributed by atoms with van der Waals surface area (Å²) < 4.78 is 0. The molecule has 0 spiro atoms. The van der Waals surface area contributed by atoms with Crippen LogP contribution in [0.2, 0.25) is 0 Å². The van der Waals surface area contributed by atoms with Crippen LogP contribution in [0, 0.1) is 0 Å². The van der Waals surface area contributed by atoms with E-state index in [-0.39, 0.29) is 0 Å². The fourth-order valence-electron chi connectivity index (χ4n) is 2.17. The SMILES string of the molecule is NC(=O)c1sc(Cc2ccccc2)nc1-c1ccccc1. The molecule has 1 heterocycles. The van der Waals surface area contributed by atoms with Crippen LogP contribution in [0.15, 0.2) is 60.7 Å². The minimum atomic E-state index is -0.425. The zero-order valence-corrected chi connectivity index (χ0v) is 12.1. The summed E-state index contributed by atoms with van der Waals surface area (Å²) in [4.78, 5) is 16.8. The normalized spacial score (nSPS) is 10.5. The number of nitrogens with two attached hydrogens (primary N) is 1. The van der Waals surface area contributed by atoms with Gasteiger partial charge in [0.25, 0.3) is 5.91 Å².